The highest BCUT2D eigenvalue weighted by Crippen LogP contribution is 2.21. The van der Waals surface area contributed by atoms with Gasteiger partial charge in [-0.2, -0.15) is 0 Å². The number of carboxylic acid groups (broad SMARTS) is 1. The Morgan fingerprint density at radius 2 is 2.17 bits per heavy atom. The van der Waals surface area contributed by atoms with Gasteiger partial charge in [0, 0.05) is 6.07 Å². The van der Waals surface area contributed by atoms with Gasteiger partial charge in [-0.15, -0.1) is 0 Å². The van der Waals surface area contributed by atoms with E-state index in [0.29, 0.717) is 5.76 Å². The van der Waals surface area contributed by atoms with Crippen molar-refractivity contribution in [1.82, 2.24) is 10.5 Å². The van der Waals surface area contributed by atoms with Crippen LogP contribution in [0.2, 0.25) is 0 Å². The summed E-state index contributed by atoms with van der Waals surface area (Å²) in [6.07, 6.45) is -0.146. The van der Waals surface area contributed by atoms with Gasteiger partial charge in [-0.3, -0.25) is 9.59 Å². The number of carbonyl (C=O) groups is 2. The van der Waals surface area contributed by atoms with Crippen LogP contribution in [0.5, 0.6) is 0 Å². The molecule has 0 radical (unpaired) electrons. The van der Waals surface area contributed by atoms with Gasteiger partial charge in [0.25, 0.3) is 5.91 Å². The summed E-state index contributed by atoms with van der Waals surface area (Å²) in [7, 11) is 0. The van der Waals surface area contributed by atoms with E-state index in [2.05, 4.69) is 10.5 Å². The van der Waals surface area contributed by atoms with E-state index in [0.717, 1.165) is 0 Å². The van der Waals surface area contributed by atoms with Crippen molar-refractivity contribution in [3.63, 3.8) is 0 Å². The van der Waals surface area contributed by atoms with Gasteiger partial charge in [0.1, 0.15) is 5.76 Å². The largest absolute Gasteiger partial charge is 0.481 e. The molecule has 1 heterocycles. The minimum atomic E-state index is -0.956. The van der Waals surface area contributed by atoms with Crippen molar-refractivity contribution in [2.45, 2.75) is 39.7 Å². The average Bonchev–Trinajstić information content (AvgIpc) is 2.63. The molecule has 0 aliphatic carbocycles. The van der Waals surface area contributed by atoms with Gasteiger partial charge in [0.15, 0.2) is 5.69 Å². The van der Waals surface area contributed by atoms with E-state index >= 15 is 0 Å². The summed E-state index contributed by atoms with van der Waals surface area (Å²) in [5.74, 6) is -0.873. The predicted molar refractivity (Wildman–Crippen MR) is 64.2 cm³/mol. The number of carbonyl (C=O) groups excluding carboxylic acids is 1. The van der Waals surface area contributed by atoms with Crippen LogP contribution in [0, 0.1) is 12.8 Å². The number of rotatable bonds is 5. The van der Waals surface area contributed by atoms with Crippen molar-refractivity contribution in [2.24, 2.45) is 5.92 Å². The van der Waals surface area contributed by atoms with Crippen LogP contribution in [-0.4, -0.2) is 27.7 Å². The van der Waals surface area contributed by atoms with Crippen LogP contribution >= 0.6 is 0 Å². The van der Waals surface area contributed by atoms with Crippen molar-refractivity contribution in [3.8, 4) is 0 Å². The second-order valence-corrected chi connectivity index (χ2v) is 4.92. The summed E-state index contributed by atoms with van der Waals surface area (Å²) < 4.78 is 4.81. The molecule has 0 saturated carbocycles. The van der Waals surface area contributed by atoms with E-state index in [-0.39, 0.29) is 18.0 Å². The number of nitrogens with zero attached hydrogens (tertiary/aromatic N) is 1. The van der Waals surface area contributed by atoms with Crippen molar-refractivity contribution >= 4 is 11.9 Å². The molecule has 100 valence electrons. The number of carboxylic acids is 1. The third-order valence-electron chi connectivity index (χ3n) is 3.05. The standard InChI is InChI=1S/C12H18N2O4/c1-7(2)12(4,6-10(15)16)13-11(17)9-5-8(3)18-14-9/h5,7H,6H2,1-4H3,(H,13,17)(H,15,16). The molecule has 6 nitrogen and oxygen atoms in total. The monoisotopic (exact) mass is 254 g/mol. The molecule has 0 saturated heterocycles. The summed E-state index contributed by atoms with van der Waals surface area (Å²) >= 11 is 0. The van der Waals surface area contributed by atoms with Crippen LogP contribution in [0.15, 0.2) is 10.6 Å². The van der Waals surface area contributed by atoms with E-state index in [9.17, 15) is 9.59 Å². The second kappa shape index (κ2) is 5.20. The fourth-order valence-corrected chi connectivity index (χ4v) is 1.50. The lowest BCUT2D eigenvalue weighted by Gasteiger charge is -2.33. The van der Waals surface area contributed by atoms with Crippen molar-refractivity contribution in [1.29, 1.82) is 0 Å². The maximum absolute atomic E-state index is 11.9. The summed E-state index contributed by atoms with van der Waals surface area (Å²) in [5.41, 5.74) is -0.666. The number of aromatic nitrogens is 1. The number of hydrogen-bond donors (Lipinski definition) is 2. The molecule has 0 aromatic carbocycles. The lowest BCUT2D eigenvalue weighted by atomic mass is 9.85. The first kappa shape index (κ1) is 14.2. The molecule has 0 bridgehead atoms. The van der Waals surface area contributed by atoms with Crippen LogP contribution in [0.1, 0.15) is 43.4 Å². The Bertz CT molecular complexity index is 453. The Morgan fingerprint density at radius 1 is 1.56 bits per heavy atom. The SMILES string of the molecule is Cc1cc(C(=O)NC(C)(CC(=O)O)C(C)C)no1. The molecule has 1 unspecified atom stereocenters. The lowest BCUT2D eigenvalue weighted by molar-refractivity contribution is -0.138. The zero-order valence-corrected chi connectivity index (χ0v) is 11.0. The van der Waals surface area contributed by atoms with E-state index < -0.39 is 17.4 Å². The molecule has 1 aromatic rings. The predicted octanol–water partition coefficient (Wildman–Crippen LogP) is 1.60. The van der Waals surface area contributed by atoms with Crippen molar-refractivity contribution < 1.29 is 19.2 Å². The molecule has 1 amide bonds. The summed E-state index contributed by atoms with van der Waals surface area (Å²) in [4.78, 5) is 22.8. The molecule has 18 heavy (non-hydrogen) atoms. The fraction of sp³-hybridized carbons (Fsp3) is 0.583. The summed E-state index contributed by atoms with van der Waals surface area (Å²) in [6.45, 7) is 7.10. The Hall–Kier alpha value is -1.85. The van der Waals surface area contributed by atoms with Crippen LogP contribution in [0.4, 0.5) is 0 Å². The third kappa shape index (κ3) is 3.32. The number of aliphatic carboxylic acids is 1. The quantitative estimate of drug-likeness (QED) is 0.832. The Balaban J connectivity index is 2.84. The molecule has 0 spiro atoms. The Labute approximate surface area is 105 Å². The number of hydrogen-bond acceptors (Lipinski definition) is 4. The van der Waals surface area contributed by atoms with Gasteiger partial charge in [-0.1, -0.05) is 19.0 Å². The first-order chi connectivity index (χ1) is 8.24. The molecule has 1 atom stereocenters. The van der Waals surface area contributed by atoms with E-state index in [1.165, 1.54) is 6.07 Å². The molecule has 0 aliphatic rings. The topological polar surface area (TPSA) is 92.4 Å². The smallest absolute Gasteiger partial charge is 0.305 e. The molecular formula is C12H18N2O4. The van der Waals surface area contributed by atoms with Gasteiger partial charge in [0.2, 0.25) is 0 Å². The lowest BCUT2D eigenvalue weighted by Crippen LogP contribution is -2.51. The number of nitrogens with one attached hydrogen (secondary N) is 1. The second-order valence-electron chi connectivity index (χ2n) is 4.92. The van der Waals surface area contributed by atoms with Crippen LogP contribution in [0.25, 0.3) is 0 Å². The van der Waals surface area contributed by atoms with Crippen LogP contribution in [-0.2, 0) is 4.79 Å². The van der Waals surface area contributed by atoms with Gasteiger partial charge in [-0.05, 0) is 19.8 Å². The molecule has 6 heteroatoms. The fourth-order valence-electron chi connectivity index (χ4n) is 1.50. The van der Waals surface area contributed by atoms with Gasteiger partial charge in [-0.25, -0.2) is 0 Å². The van der Waals surface area contributed by atoms with E-state index in [1.54, 1.807) is 13.8 Å². The molecule has 1 rings (SSSR count). The summed E-state index contributed by atoms with van der Waals surface area (Å²) in [5, 5.41) is 15.2. The minimum absolute atomic E-state index is 0.0226. The maximum atomic E-state index is 11.9. The normalized spacial score (nSPS) is 14.3. The van der Waals surface area contributed by atoms with Crippen molar-refractivity contribution in [2.75, 3.05) is 0 Å². The molecule has 0 aliphatic heterocycles. The number of amides is 1. The highest BCUT2D eigenvalue weighted by molar-refractivity contribution is 5.93. The molecular weight excluding hydrogens is 236 g/mol. The zero-order valence-electron chi connectivity index (χ0n) is 11.0. The van der Waals surface area contributed by atoms with E-state index in [4.69, 9.17) is 9.63 Å². The first-order valence-corrected chi connectivity index (χ1v) is 5.72. The van der Waals surface area contributed by atoms with Gasteiger partial charge < -0.3 is 14.9 Å². The number of aryl methyl sites for hydroxylation is 1. The Kier molecular flexibility index (Phi) is 4.11. The average molecular weight is 254 g/mol. The molecule has 0 fully saturated rings. The van der Waals surface area contributed by atoms with E-state index in [1.807, 2.05) is 13.8 Å². The maximum Gasteiger partial charge on any atom is 0.305 e. The third-order valence-corrected chi connectivity index (χ3v) is 3.05. The highest BCUT2D eigenvalue weighted by Gasteiger charge is 2.33. The molecule has 1 aromatic heterocycles. The zero-order chi connectivity index (χ0) is 13.9. The Morgan fingerprint density at radius 3 is 2.56 bits per heavy atom. The minimum Gasteiger partial charge on any atom is -0.481 e. The highest BCUT2D eigenvalue weighted by atomic mass is 16.5. The first-order valence-electron chi connectivity index (χ1n) is 5.72. The van der Waals surface area contributed by atoms with Crippen molar-refractivity contribution in [3.05, 3.63) is 17.5 Å². The van der Waals surface area contributed by atoms with Crippen LogP contribution < -0.4 is 5.32 Å². The van der Waals surface area contributed by atoms with Gasteiger partial charge in [0.05, 0.1) is 12.0 Å². The van der Waals surface area contributed by atoms with Crippen LogP contribution in [0.3, 0.4) is 0 Å². The molecule has 2 N–H and O–H groups in total. The summed E-state index contributed by atoms with van der Waals surface area (Å²) in [6, 6.07) is 1.51. The van der Waals surface area contributed by atoms with Gasteiger partial charge >= 0.3 is 5.97 Å².